The number of amides is 2. The van der Waals surface area contributed by atoms with E-state index in [0.29, 0.717) is 0 Å². The third kappa shape index (κ3) is 5.15. The minimum Gasteiger partial charge on any atom is -0.392 e. The first-order chi connectivity index (χ1) is 17.8. The first kappa shape index (κ1) is 24.8. The van der Waals surface area contributed by atoms with E-state index in [-0.39, 0.29) is 39.8 Å². The summed E-state index contributed by atoms with van der Waals surface area (Å²) in [6.45, 7) is 0.239. The molecule has 0 unspecified atom stereocenters. The molecule has 1 aliphatic heterocycles. The van der Waals surface area contributed by atoms with Gasteiger partial charge in [-0.3, -0.25) is 9.59 Å². The second kappa shape index (κ2) is 10.2. The highest BCUT2D eigenvalue weighted by Gasteiger charge is 2.31. The van der Waals surface area contributed by atoms with Crippen molar-refractivity contribution < 1.29 is 23.1 Å². The number of fused-ring (bicyclic) bond motifs is 2. The van der Waals surface area contributed by atoms with Gasteiger partial charge in [0.15, 0.2) is 0 Å². The van der Waals surface area contributed by atoms with Crippen LogP contribution in [-0.2, 0) is 23.0 Å². The lowest BCUT2D eigenvalue weighted by molar-refractivity contribution is 0.0949. The largest absolute Gasteiger partial charge is 0.392 e. The minimum absolute atomic E-state index is 0.0221. The van der Waals surface area contributed by atoms with Gasteiger partial charge in [0.25, 0.3) is 11.8 Å². The second-order valence-corrected chi connectivity index (χ2v) is 11.4. The van der Waals surface area contributed by atoms with Gasteiger partial charge in [0.05, 0.1) is 27.6 Å². The molecule has 37 heavy (non-hydrogen) atoms. The van der Waals surface area contributed by atoms with Crippen LogP contribution in [0.2, 0.25) is 0 Å². The third-order valence-electron chi connectivity index (χ3n) is 5.87. The molecule has 0 radical (unpaired) electrons. The van der Waals surface area contributed by atoms with Crippen molar-refractivity contribution in [1.29, 1.82) is 0 Å². The molecule has 0 fully saturated rings. The zero-order valence-corrected chi connectivity index (χ0v) is 21.1. The molecule has 0 saturated carbocycles. The molecule has 3 N–H and O–H groups in total. The summed E-state index contributed by atoms with van der Waals surface area (Å²) in [5.74, 6) is -0.945. The quantitative estimate of drug-likeness (QED) is 0.334. The van der Waals surface area contributed by atoms with Crippen molar-refractivity contribution in [3.05, 3.63) is 113 Å². The summed E-state index contributed by atoms with van der Waals surface area (Å²) in [7, 11) is -3.93. The topological polar surface area (TPSA) is 113 Å². The highest BCUT2D eigenvalue weighted by molar-refractivity contribution is 7.99. The van der Waals surface area contributed by atoms with Crippen LogP contribution in [0.1, 0.15) is 31.8 Å². The monoisotopic (exact) mass is 530 g/mol. The lowest BCUT2D eigenvalue weighted by Gasteiger charge is -2.11. The summed E-state index contributed by atoms with van der Waals surface area (Å²) in [6.07, 6.45) is 0. The average molecular weight is 531 g/mol. The number of carbonyl (C=O) groups excluding carboxylic acids is 2. The van der Waals surface area contributed by atoms with Crippen LogP contribution in [0.15, 0.2) is 111 Å². The number of carbonyl (C=O) groups is 2. The van der Waals surface area contributed by atoms with Gasteiger partial charge in [-0.25, -0.2) is 8.42 Å². The molecule has 0 aromatic heterocycles. The van der Waals surface area contributed by atoms with Gasteiger partial charge in [0.1, 0.15) is 0 Å². The van der Waals surface area contributed by atoms with Crippen LogP contribution in [-0.4, -0.2) is 25.3 Å². The number of rotatable bonds is 6. The zero-order chi connectivity index (χ0) is 26.0. The molecule has 0 saturated heterocycles. The molecule has 2 amide bonds. The van der Waals surface area contributed by atoms with E-state index in [0.717, 1.165) is 20.9 Å². The van der Waals surface area contributed by atoms with Crippen LogP contribution in [0.3, 0.4) is 0 Å². The van der Waals surface area contributed by atoms with E-state index < -0.39 is 21.7 Å². The Morgan fingerprint density at radius 3 is 2.30 bits per heavy atom. The molecule has 9 heteroatoms. The molecule has 0 bridgehead atoms. The van der Waals surface area contributed by atoms with Crippen molar-refractivity contribution in [2.75, 3.05) is 5.32 Å². The molecule has 1 heterocycles. The fourth-order valence-corrected chi connectivity index (χ4v) is 6.62. The molecule has 186 valence electrons. The Balaban J connectivity index is 1.32. The van der Waals surface area contributed by atoms with Crippen molar-refractivity contribution >= 4 is 39.1 Å². The third-order valence-corrected chi connectivity index (χ3v) is 8.72. The van der Waals surface area contributed by atoms with Crippen molar-refractivity contribution in [2.24, 2.45) is 0 Å². The van der Waals surface area contributed by atoms with Gasteiger partial charge in [0.2, 0.25) is 9.84 Å². The van der Waals surface area contributed by atoms with E-state index in [9.17, 15) is 23.1 Å². The van der Waals surface area contributed by atoms with Crippen LogP contribution in [0.4, 0.5) is 5.69 Å². The number of anilines is 1. The number of benzene rings is 4. The SMILES string of the molecule is O=C(NCc1cccc(Sc2cccc(CO)c2)c1)c1ccc2c(c1)NC(=O)c1ccccc1S2(=O)=O. The summed E-state index contributed by atoms with van der Waals surface area (Å²) in [5.41, 5.74) is 2.08. The fourth-order valence-electron chi connectivity index (χ4n) is 4.05. The first-order valence-electron chi connectivity index (χ1n) is 11.4. The van der Waals surface area contributed by atoms with Crippen LogP contribution in [0, 0.1) is 0 Å². The zero-order valence-electron chi connectivity index (χ0n) is 19.5. The van der Waals surface area contributed by atoms with E-state index in [4.69, 9.17) is 0 Å². The summed E-state index contributed by atoms with van der Waals surface area (Å²) in [5, 5.41) is 14.8. The number of nitrogens with one attached hydrogen (secondary N) is 2. The Kier molecular flexibility index (Phi) is 6.84. The minimum atomic E-state index is -3.93. The van der Waals surface area contributed by atoms with Gasteiger partial charge in [0, 0.05) is 21.9 Å². The molecule has 7 nitrogen and oxygen atoms in total. The fraction of sp³-hybridized carbons (Fsp3) is 0.0714. The van der Waals surface area contributed by atoms with Crippen LogP contribution in [0.25, 0.3) is 0 Å². The Morgan fingerprint density at radius 1 is 0.838 bits per heavy atom. The number of aliphatic hydroxyl groups excluding tert-OH is 1. The molecule has 5 rings (SSSR count). The van der Waals surface area contributed by atoms with Crippen molar-refractivity contribution in [2.45, 2.75) is 32.7 Å². The molecule has 0 spiro atoms. The van der Waals surface area contributed by atoms with Gasteiger partial charge in [-0.1, -0.05) is 48.2 Å². The number of sulfone groups is 1. The molecular weight excluding hydrogens is 508 g/mol. The van der Waals surface area contributed by atoms with Gasteiger partial charge < -0.3 is 15.7 Å². The van der Waals surface area contributed by atoms with E-state index in [1.54, 1.807) is 23.9 Å². The van der Waals surface area contributed by atoms with Gasteiger partial charge in [-0.05, 0) is 65.7 Å². The summed E-state index contributed by atoms with van der Waals surface area (Å²) in [6, 6.07) is 25.6. The lowest BCUT2D eigenvalue weighted by atomic mass is 10.1. The van der Waals surface area contributed by atoms with Gasteiger partial charge in [-0.15, -0.1) is 0 Å². The van der Waals surface area contributed by atoms with Gasteiger partial charge in [-0.2, -0.15) is 0 Å². The second-order valence-electron chi connectivity index (χ2n) is 8.40. The molecule has 4 aromatic carbocycles. The molecule has 1 aliphatic rings. The van der Waals surface area contributed by atoms with Crippen LogP contribution in [0.5, 0.6) is 0 Å². The van der Waals surface area contributed by atoms with E-state index in [2.05, 4.69) is 10.6 Å². The number of aliphatic hydroxyl groups is 1. The molecule has 0 aliphatic carbocycles. The predicted octanol–water partition coefficient (Wildman–Crippen LogP) is 4.66. The van der Waals surface area contributed by atoms with Crippen molar-refractivity contribution in [3.8, 4) is 0 Å². The Labute approximate surface area is 218 Å². The van der Waals surface area contributed by atoms with E-state index in [1.165, 1.54) is 30.3 Å². The number of hydrogen-bond donors (Lipinski definition) is 3. The summed E-state index contributed by atoms with van der Waals surface area (Å²) >= 11 is 1.55. The maximum Gasteiger partial charge on any atom is 0.257 e. The smallest absolute Gasteiger partial charge is 0.257 e. The summed E-state index contributed by atoms with van der Waals surface area (Å²) in [4.78, 5) is 27.4. The normalized spacial score (nSPS) is 13.6. The maximum atomic E-state index is 13.1. The van der Waals surface area contributed by atoms with Crippen molar-refractivity contribution in [1.82, 2.24) is 5.32 Å². The van der Waals surface area contributed by atoms with Crippen molar-refractivity contribution in [3.63, 3.8) is 0 Å². The highest BCUT2D eigenvalue weighted by atomic mass is 32.2. The standard InChI is InChI=1S/C28H22N2O5S2/c31-17-19-6-4-8-22(14-19)36-21-7-3-5-18(13-21)16-29-27(32)20-11-12-26-24(15-20)30-28(33)23-9-1-2-10-25(23)37(26,34)35/h1-15,31H,16-17H2,(H,29,32)(H,30,33). The molecule has 0 atom stereocenters. The lowest BCUT2D eigenvalue weighted by Crippen LogP contribution is -2.23. The molecule has 4 aromatic rings. The highest BCUT2D eigenvalue weighted by Crippen LogP contribution is 2.34. The van der Waals surface area contributed by atoms with Gasteiger partial charge >= 0.3 is 0 Å². The Morgan fingerprint density at radius 2 is 1.54 bits per heavy atom. The summed E-state index contributed by atoms with van der Waals surface area (Å²) < 4.78 is 26.3. The van der Waals surface area contributed by atoms with E-state index >= 15 is 0 Å². The Bertz CT molecular complexity index is 1630. The first-order valence-corrected chi connectivity index (χ1v) is 13.7. The Hall–Kier alpha value is -3.92. The number of hydrogen-bond acceptors (Lipinski definition) is 6. The van der Waals surface area contributed by atoms with E-state index in [1.807, 2.05) is 48.5 Å². The predicted molar refractivity (Wildman–Crippen MR) is 140 cm³/mol. The average Bonchev–Trinajstić information content (AvgIpc) is 2.99. The van der Waals surface area contributed by atoms with Crippen LogP contribution < -0.4 is 10.6 Å². The van der Waals surface area contributed by atoms with Crippen LogP contribution >= 0.6 is 11.8 Å². The molecular formula is C28H22N2O5S2. The maximum absolute atomic E-state index is 13.1.